The predicted molar refractivity (Wildman–Crippen MR) is 67.4 cm³/mol. The van der Waals surface area contributed by atoms with Gasteiger partial charge in [-0.05, 0) is 6.92 Å². The van der Waals surface area contributed by atoms with Crippen LogP contribution in [0.3, 0.4) is 0 Å². The van der Waals surface area contributed by atoms with E-state index in [1.54, 1.807) is 6.92 Å². The van der Waals surface area contributed by atoms with Crippen LogP contribution in [-0.2, 0) is 9.84 Å². The second kappa shape index (κ2) is 5.74. The number of hydrogen-bond donors (Lipinski definition) is 2. The van der Waals surface area contributed by atoms with Gasteiger partial charge >= 0.3 is 6.18 Å². The number of carbonyl (C=O) groups excluding carboxylic acids is 1. The summed E-state index contributed by atoms with van der Waals surface area (Å²) in [4.78, 5) is 11.7. The van der Waals surface area contributed by atoms with E-state index in [-0.39, 0.29) is 5.56 Å². The van der Waals surface area contributed by atoms with Crippen molar-refractivity contribution in [3.8, 4) is 0 Å². The van der Waals surface area contributed by atoms with Crippen LogP contribution >= 0.6 is 0 Å². The number of carbonyl (C=O) groups is 1. The first kappa shape index (κ1) is 17.6. The van der Waals surface area contributed by atoms with Crippen LogP contribution in [0.4, 0.5) is 13.2 Å². The highest BCUT2D eigenvalue weighted by molar-refractivity contribution is 7.92. The maximum Gasteiger partial charge on any atom is 0.443 e. The summed E-state index contributed by atoms with van der Waals surface area (Å²) in [5, 5.41) is 17.5. The van der Waals surface area contributed by atoms with E-state index in [4.69, 9.17) is 10.2 Å². The number of aliphatic hydroxyl groups is 2. The summed E-state index contributed by atoms with van der Waals surface area (Å²) in [5.74, 6) is -8.55. The molecule has 9 heteroatoms. The Hall–Kier alpha value is -1.45. The van der Waals surface area contributed by atoms with Crippen molar-refractivity contribution in [3.05, 3.63) is 35.4 Å². The number of sulfone groups is 1. The highest BCUT2D eigenvalue weighted by Gasteiger charge is 2.55. The van der Waals surface area contributed by atoms with Crippen LogP contribution in [0.2, 0.25) is 0 Å². The molecule has 0 saturated carbocycles. The summed E-state index contributed by atoms with van der Waals surface area (Å²) in [6.45, 7) is 1.74. The zero-order chi connectivity index (χ0) is 16.5. The fourth-order valence-electron chi connectivity index (χ4n) is 1.46. The number of hydrogen-bond acceptors (Lipinski definition) is 5. The third-order valence-corrected chi connectivity index (χ3v) is 4.14. The van der Waals surface area contributed by atoms with Gasteiger partial charge in [0.05, 0.1) is 0 Å². The molecule has 0 saturated heterocycles. The van der Waals surface area contributed by atoms with Crippen LogP contribution < -0.4 is 0 Å². The van der Waals surface area contributed by atoms with Crippen LogP contribution in [0.15, 0.2) is 24.3 Å². The van der Waals surface area contributed by atoms with Crippen molar-refractivity contribution in [1.82, 2.24) is 0 Å². The normalized spacial score (nSPS) is 13.2. The lowest BCUT2D eigenvalue weighted by Crippen LogP contribution is -2.51. The summed E-state index contributed by atoms with van der Waals surface area (Å²) in [6, 6.07) is 5.75. The number of benzene rings is 1. The SMILES string of the molecule is Cc1ccc(C(=O)CS(=O)(=O)CC(O)(O)C(F)(F)F)cc1. The predicted octanol–water partition coefficient (Wildman–Crippen LogP) is 0.836. The lowest BCUT2D eigenvalue weighted by molar-refractivity contribution is -0.337. The van der Waals surface area contributed by atoms with Crippen LogP contribution in [-0.4, -0.2) is 47.9 Å². The number of rotatable bonds is 5. The lowest BCUT2D eigenvalue weighted by atomic mass is 10.1. The molecular formula is C12H13F3O5S. The Bertz CT molecular complexity index is 617. The molecule has 2 N–H and O–H groups in total. The molecular weight excluding hydrogens is 313 g/mol. The summed E-state index contributed by atoms with van der Waals surface area (Å²) >= 11 is 0. The minimum atomic E-state index is -5.53. The maximum absolute atomic E-state index is 12.2. The molecule has 1 aromatic carbocycles. The molecule has 5 nitrogen and oxygen atoms in total. The van der Waals surface area contributed by atoms with Crippen molar-refractivity contribution in [3.63, 3.8) is 0 Å². The molecule has 21 heavy (non-hydrogen) atoms. The first-order chi connectivity index (χ1) is 9.34. The van der Waals surface area contributed by atoms with Gasteiger partial charge in [0.15, 0.2) is 15.6 Å². The minimum absolute atomic E-state index is 0.0117. The van der Waals surface area contributed by atoms with Gasteiger partial charge in [-0.2, -0.15) is 13.2 Å². The maximum atomic E-state index is 12.2. The first-order valence-electron chi connectivity index (χ1n) is 5.66. The molecule has 0 aliphatic carbocycles. The quantitative estimate of drug-likeness (QED) is 0.618. The molecule has 0 fully saturated rings. The van der Waals surface area contributed by atoms with Gasteiger partial charge in [0.25, 0.3) is 5.79 Å². The lowest BCUT2D eigenvalue weighted by Gasteiger charge is -2.23. The molecule has 0 atom stereocenters. The number of aryl methyl sites for hydroxylation is 1. The summed E-state index contributed by atoms with van der Waals surface area (Å²) in [6.07, 6.45) is -5.53. The van der Waals surface area contributed by atoms with E-state index in [2.05, 4.69) is 0 Å². The molecule has 0 heterocycles. The second-order valence-electron chi connectivity index (χ2n) is 4.64. The molecule has 0 aromatic heterocycles. The summed E-state index contributed by atoms with van der Waals surface area (Å²) < 4.78 is 59.7. The van der Waals surface area contributed by atoms with E-state index in [0.717, 1.165) is 5.56 Å². The molecule has 0 radical (unpaired) electrons. The third kappa shape index (κ3) is 4.80. The van der Waals surface area contributed by atoms with Crippen LogP contribution in [0, 0.1) is 6.92 Å². The van der Waals surface area contributed by atoms with Crippen molar-refractivity contribution in [1.29, 1.82) is 0 Å². The second-order valence-corrected chi connectivity index (χ2v) is 6.70. The van der Waals surface area contributed by atoms with Gasteiger partial charge in [-0.15, -0.1) is 0 Å². The Balaban J connectivity index is 2.86. The number of halogens is 3. The average molecular weight is 326 g/mol. The van der Waals surface area contributed by atoms with Crippen molar-refractivity contribution < 1.29 is 36.6 Å². The highest BCUT2D eigenvalue weighted by Crippen LogP contribution is 2.29. The van der Waals surface area contributed by atoms with Gasteiger partial charge in [-0.1, -0.05) is 29.8 Å². The van der Waals surface area contributed by atoms with E-state index in [0.29, 0.717) is 0 Å². The topological polar surface area (TPSA) is 91.7 Å². The Morgan fingerprint density at radius 2 is 1.62 bits per heavy atom. The summed E-state index contributed by atoms with van der Waals surface area (Å²) in [7, 11) is -4.65. The monoisotopic (exact) mass is 326 g/mol. The summed E-state index contributed by atoms with van der Waals surface area (Å²) in [5.41, 5.74) is 0.828. The van der Waals surface area contributed by atoms with Crippen molar-refractivity contribution in [2.75, 3.05) is 11.5 Å². The Labute approximate surface area is 118 Å². The van der Waals surface area contributed by atoms with Gasteiger partial charge in [0, 0.05) is 5.56 Å². The van der Waals surface area contributed by atoms with Gasteiger partial charge in [-0.25, -0.2) is 8.42 Å². The first-order valence-corrected chi connectivity index (χ1v) is 7.48. The molecule has 0 amide bonds. The van der Waals surface area contributed by atoms with Crippen LogP contribution in [0.25, 0.3) is 0 Å². The highest BCUT2D eigenvalue weighted by atomic mass is 32.2. The molecule has 0 unspecified atom stereocenters. The smallest absolute Gasteiger partial charge is 0.358 e. The molecule has 1 rings (SSSR count). The van der Waals surface area contributed by atoms with Crippen LogP contribution in [0.1, 0.15) is 15.9 Å². The fourth-order valence-corrected chi connectivity index (χ4v) is 2.91. The Kier molecular flexibility index (Phi) is 4.81. The average Bonchev–Trinajstić information content (AvgIpc) is 2.25. The number of alkyl halides is 3. The van der Waals surface area contributed by atoms with E-state index >= 15 is 0 Å². The Morgan fingerprint density at radius 3 is 2.05 bits per heavy atom. The largest absolute Gasteiger partial charge is 0.443 e. The van der Waals surface area contributed by atoms with Crippen molar-refractivity contribution in [2.24, 2.45) is 0 Å². The van der Waals surface area contributed by atoms with Crippen LogP contribution in [0.5, 0.6) is 0 Å². The minimum Gasteiger partial charge on any atom is -0.358 e. The fraction of sp³-hybridized carbons (Fsp3) is 0.417. The van der Waals surface area contributed by atoms with E-state index < -0.39 is 39.1 Å². The van der Waals surface area contributed by atoms with Gasteiger partial charge in [0.1, 0.15) is 11.5 Å². The van der Waals surface area contributed by atoms with Gasteiger partial charge in [0.2, 0.25) is 0 Å². The molecule has 0 bridgehead atoms. The number of Topliss-reactive ketones (excluding diaryl/α,β-unsaturated/α-hetero) is 1. The van der Waals surface area contributed by atoms with Gasteiger partial charge in [-0.3, -0.25) is 4.79 Å². The zero-order valence-corrected chi connectivity index (χ0v) is 11.7. The number of ketones is 1. The van der Waals surface area contributed by atoms with Crippen molar-refractivity contribution >= 4 is 15.6 Å². The molecule has 0 aliphatic rings. The third-order valence-electron chi connectivity index (χ3n) is 2.60. The van der Waals surface area contributed by atoms with E-state index in [1.807, 2.05) is 0 Å². The molecule has 0 spiro atoms. The molecule has 118 valence electrons. The molecule has 0 aliphatic heterocycles. The van der Waals surface area contributed by atoms with Gasteiger partial charge < -0.3 is 10.2 Å². The van der Waals surface area contributed by atoms with E-state index in [9.17, 15) is 26.4 Å². The molecule has 1 aromatic rings. The van der Waals surface area contributed by atoms with E-state index in [1.165, 1.54) is 24.3 Å². The zero-order valence-electron chi connectivity index (χ0n) is 10.9. The standard InChI is InChI=1S/C12H13F3O5S/c1-8-2-4-9(5-3-8)10(16)6-21(19,20)7-11(17,18)12(13,14)15/h2-5,17-18H,6-7H2,1H3. The Morgan fingerprint density at radius 1 is 1.14 bits per heavy atom. The van der Waals surface area contributed by atoms with Crippen molar-refractivity contribution in [2.45, 2.75) is 18.9 Å².